The lowest BCUT2D eigenvalue weighted by atomic mass is 10.2. The number of carboxylic acids is 1. The van der Waals surface area contributed by atoms with Crippen molar-refractivity contribution in [2.75, 3.05) is 5.32 Å². The van der Waals surface area contributed by atoms with E-state index >= 15 is 0 Å². The van der Waals surface area contributed by atoms with Crippen LogP contribution in [0, 0.1) is 12.8 Å². The SMILES string of the molecule is Cc1nc(NC2CC2C)ncc1C(=O)O. The predicted molar refractivity (Wildman–Crippen MR) is 54.9 cm³/mol. The summed E-state index contributed by atoms with van der Waals surface area (Å²) in [5.41, 5.74) is 0.651. The average Bonchev–Trinajstić information content (AvgIpc) is 2.81. The molecule has 2 unspecified atom stereocenters. The molecule has 1 fully saturated rings. The van der Waals surface area contributed by atoms with Crippen LogP contribution < -0.4 is 5.32 Å². The van der Waals surface area contributed by atoms with Gasteiger partial charge in [-0.1, -0.05) is 6.92 Å². The number of anilines is 1. The highest BCUT2D eigenvalue weighted by Crippen LogP contribution is 2.31. The number of aryl methyl sites for hydroxylation is 1. The summed E-state index contributed by atoms with van der Waals surface area (Å²) in [6.07, 6.45) is 2.48. The zero-order chi connectivity index (χ0) is 11.0. The van der Waals surface area contributed by atoms with Crippen LogP contribution in [0.1, 0.15) is 29.4 Å². The Bertz CT molecular complexity index is 406. The van der Waals surface area contributed by atoms with Crippen LogP contribution in [-0.4, -0.2) is 27.1 Å². The summed E-state index contributed by atoms with van der Waals surface area (Å²) in [4.78, 5) is 18.8. The van der Waals surface area contributed by atoms with Gasteiger partial charge in [0.2, 0.25) is 5.95 Å². The van der Waals surface area contributed by atoms with Crippen molar-refractivity contribution < 1.29 is 9.90 Å². The van der Waals surface area contributed by atoms with Gasteiger partial charge in [0.25, 0.3) is 0 Å². The van der Waals surface area contributed by atoms with E-state index < -0.39 is 5.97 Å². The number of hydrogen-bond acceptors (Lipinski definition) is 4. The Morgan fingerprint density at radius 2 is 2.33 bits per heavy atom. The van der Waals surface area contributed by atoms with Gasteiger partial charge in [0.1, 0.15) is 0 Å². The van der Waals surface area contributed by atoms with E-state index in [0.29, 0.717) is 23.6 Å². The van der Waals surface area contributed by atoms with Crippen molar-refractivity contribution in [2.24, 2.45) is 5.92 Å². The number of nitrogens with one attached hydrogen (secondary N) is 1. The maximum absolute atomic E-state index is 10.7. The summed E-state index contributed by atoms with van der Waals surface area (Å²) in [5, 5.41) is 11.9. The minimum atomic E-state index is -0.987. The molecule has 0 bridgehead atoms. The fraction of sp³-hybridized carbons (Fsp3) is 0.500. The zero-order valence-electron chi connectivity index (χ0n) is 8.69. The van der Waals surface area contributed by atoms with Gasteiger partial charge in [0.05, 0.1) is 11.3 Å². The van der Waals surface area contributed by atoms with Gasteiger partial charge in [0.15, 0.2) is 0 Å². The standard InChI is InChI=1S/C10H13N3O2/c1-5-3-8(5)13-10-11-4-7(9(14)15)6(2)12-10/h4-5,8H,3H2,1-2H3,(H,14,15)(H,11,12,13). The molecule has 0 amide bonds. The Morgan fingerprint density at radius 1 is 1.67 bits per heavy atom. The number of carbonyl (C=O) groups is 1. The summed E-state index contributed by atoms with van der Waals surface area (Å²) in [6.45, 7) is 3.82. The van der Waals surface area contributed by atoms with E-state index in [1.54, 1.807) is 6.92 Å². The molecule has 5 nitrogen and oxygen atoms in total. The van der Waals surface area contributed by atoms with Crippen molar-refractivity contribution in [1.82, 2.24) is 9.97 Å². The minimum absolute atomic E-state index is 0.157. The third kappa shape index (κ3) is 2.06. The molecule has 0 aliphatic heterocycles. The van der Waals surface area contributed by atoms with E-state index in [-0.39, 0.29) is 5.56 Å². The monoisotopic (exact) mass is 207 g/mol. The number of rotatable bonds is 3. The van der Waals surface area contributed by atoms with E-state index in [2.05, 4.69) is 22.2 Å². The first-order chi connectivity index (χ1) is 7.08. The van der Waals surface area contributed by atoms with E-state index in [1.807, 2.05) is 0 Å². The fourth-order valence-electron chi connectivity index (χ4n) is 1.44. The van der Waals surface area contributed by atoms with Crippen LogP contribution >= 0.6 is 0 Å². The zero-order valence-corrected chi connectivity index (χ0v) is 8.69. The van der Waals surface area contributed by atoms with E-state index in [1.165, 1.54) is 6.20 Å². The molecule has 1 saturated carbocycles. The molecule has 0 radical (unpaired) electrons. The number of aromatic carboxylic acids is 1. The fourth-order valence-corrected chi connectivity index (χ4v) is 1.44. The largest absolute Gasteiger partial charge is 0.478 e. The summed E-state index contributed by atoms with van der Waals surface area (Å²) in [5.74, 6) is 0.193. The van der Waals surface area contributed by atoms with Crippen LogP contribution in [0.3, 0.4) is 0 Å². The lowest BCUT2D eigenvalue weighted by Gasteiger charge is -2.05. The average molecular weight is 207 g/mol. The third-order valence-corrected chi connectivity index (χ3v) is 2.63. The van der Waals surface area contributed by atoms with Gasteiger partial charge in [0, 0.05) is 12.2 Å². The lowest BCUT2D eigenvalue weighted by molar-refractivity contribution is 0.0695. The maximum Gasteiger partial charge on any atom is 0.339 e. The molecule has 0 spiro atoms. The van der Waals surface area contributed by atoms with Crippen molar-refractivity contribution in [2.45, 2.75) is 26.3 Å². The van der Waals surface area contributed by atoms with Gasteiger partial charge >= 0.3 is 5.97 Å². The van der Waals surface area contributed by atoms with Gasteiger partial charge in [-0.25, -0.2) is 14.8 Å². The normalized spacial score (nSPS) is 23.6. The topological polar surface area (TPSA) is 75.1 Å². The Labute approximate surface area is 87.6 Å². The van der Waals surface area contributed by atoms with Gasteiger partial charge < -0.3 is 10.4 Å². The van der Waals surface area contributed by atoms with Crippen LogP contribution in [0.5, 0.6) is 0 Å². The van der Waals surface area contributed by atoms with Crippen LogP contribution in [0.2, 0.25) is 0 Å². The molecule has 0 saturated heterocycles. The molecule has 1 aliphatic rings. The summed E-state index contributed by atoms with van der Waals surface area (Å²) >= 11 is 0. The molecule has 2 rings (SSSR count). The van der Waals surface area contributed by atoms with Crippen LogP contribution in [0.25, 0.3) is 0 Å². The van der Waals surface area contributed by atoms with Crippen molar-refractivity contribution in [3.63, 3.8) is 0 Å². The molecule has 2 N–H and O–H groups in total. The van der Waals surface area contributed by atoms with Crippen molar-refractivity contribution in [3.8, 4) is 0 Å². The first-order valence-electron chi connectivity index (χ1n) is 4.91. The minimum Gasteiger partial charge on any atom is -0.478 e. The number of nitrogens with zero attached hydrogens (tertiary/aromatic N) is 2. The lowest BCUT2D eigenvalue weighted by Crippen LogP contribution is -2.10. The van der Waals surface area contributed by atoms with Gasteiger partial charge in [-0.15, -0.1) is 0 Å². The van der Waals surface area contributed by atoms with E-state index in [0.717, 1.165) is 6.42 Å². The molecule has 15 heavy (non-hydrogen) atoms. The highest BCUT2D eigenvalue weighted by atomic mass is 16.4. The summed E-state index contributed by atoms with van der Waals surface area (Å²) in [7, 11) is 0. The molecule has 80 valence electrons. The van der Waals surface area contributed by atoms with Crippen molar-refractivity contribution in [1.29, 1.82) is 0 Å². The predicted octanol–water partition coefficient (Wildman–Crippen LogP) is 1.30. The highest BCUT2D eigenvalue weighted by molar-refractivity contribution is 5.88. The summed E-state index contributed by atoms with van der Waals surface area (Å²) < 4.78 is 0. The van der Waals surface area contributed by atoms with E-state index in [9.17, 15) is 4.79 Å². The Balaban J connectivity index is 2.14. The second-order valence-electron chi connectivity index (χ2n) is 3.96. The maximum atomic E-state index is 10.7. The molecule has 2 atom stereocenters. The molecular weight excluding hydrogens is 194 g/mol. The molecule has 1 aromatic heterocycles. The second kappa shape index (κ2) is 3.49. The molecule has 0 aromatic carbocycles. The Morgan fingerprint density at radius 3 is 2.80 bits per heavy atom. The van der Waals surface area contributed by atoms with Crippen molar-refractivity contribution >= 4 is 11.9 Å². The second-order valence-corrected chi connectivity index (χ2v) is 3.96. The highest BCUT2D eigenvalue weighted by Gasteiger charge is 2.33. The van der Waals surface area contributed by atoms with Gasteiger partial charge in [-0.05, 0) is 19.3 Å². The number of hydrogen-bond donors (Lipinski definition) is 2. The van der Waals surface area contributed by atoms with Crippen LogP contribution in [0.15, 0.2) is 6.20 Å². The third-order valence-electron chi connectivity index (χ3n) is 2.63. The molecule has 1 aliphatic carbocycles. The first-order valence-corrected chi connectivity index (χ1v) is 4.91. The van der Waals surface area contributed by atoms with Gasteiger partial charge in [-0.3, -0.25) is 0 Å². The molecule has 5 heteroatoms. The number of carboxylic acid groups (broad SMARTS) is 1. The van der Waals surface area contributed by atoms with Crippen LogP contribution in [-0.2, 0) is 0 Å². The van der Waals surface area contributed by atoms with Gasteiger partial charge in [-0.2, -0.15) is 0 Å². The number of aromatic nitrogens is 2. The van der Waals surface area contributed by atoms with Crippen LogP contribution in [0.4, 0.5) is 5.95 Å². The van der Waals surface area contributed by atoms with Crippen molar-refractivity contribution in [3.05, 3.63) is 17.5 Å². The quantitative estimate of drug-likeness (QED) is 0.781. The molecular formula is C10H13N3O2. The Hall–Kier alpha value is -1.65. The molecule has 1 heterocycles. The summed E-state index contributed by atoms with van der Waals surface area (Å²) in [6, 6.07) is 0.445. The first kappa shape index (κ1) is 9.89. The smallest absolute Gasteiger partial charge is 0.339 e. The van der Waals surface area contributed by atoms with E-state index in [4.69, 9.17) is 5.11 Å². The molecule has 1 aromatic rings. The Kier molecular flexibility index (Phi) is 2.30.